The third-order valence-electron chi connectivity index (χ3n) is 3.62. The zero-order valence-corrected chi connectivity index (χ0v) is 12.6. The Hall–Kier alpha value is -1.62. The second kappa shape index (κ2) is 7.24. The Morgan fingerprint density at radius 2 is 2.05 bits per heavy atom. The van der Waals surface area contributed by atoms with Crippen LogP contribution in [0.5, 0.6) is 0 Å². The molecule has 0 saturated carbocycles. The number of carbonyl (C=O) groups is 1. The topological polar surface area (TPSA) is 58.4 Å². The van der Waals surface area contributed by atoms with Gasteiger partial charge in [-0.1, -0.05) is 13.8 Å². The first-order valence-corrected chi connectivity index (χ1v) is 6.86. The number of hydrogen-bond donors (Lipinski definition) is 2. The minimum absolute atomic E-state index is 0.134. The van der Waals surface area contributed by atoms with E-state index in [1.165, 1.54) is 18.2 Å². The van der Waals surface area contributed by atoms with Crippen molar-refractivity contribution in [3.8, 4) is 0 Å². The number of benzene rings is 1. The fraction of sp³-hybridized carbons (Fsp3) is 0.533. The van der Waals surface area contributed by atoms with Crippen molar-refractivity contribution in [1.29, 1.82) is 0 Å². The molecule has 0 aliphatic carbocycles. The fourth-order valence-corrected chi connectivity index (χ4v) is 1.84. The Kier molecular flexibility index (Phi) is 5.95. The summed E-state index contributed by atoms with van der Waals surface area (Å²) in [5.74, 6) is -0.164. The van der Waals surface area contributed by atoms with Gasteiger partial charge in [0.25, 0.3) is 0 Å². The molecule has 5 heteroatoms. The normalized spacial score (nSPS) is 12.8. The van der Waals surface area contributed by atoms with E-state index in [1.54, 1.807) is 0 Å². The third kappa shape index (κ3) is 4.81. The summed E-state index contributed by atoms with van der Waals surface area (Å²) in [7, 11) is 1.99. The Morgan fingerprint density at radius 1 is 1.40 bits per heavy atom. The second-order valence-corrected chi connectivity index (χ2v) is 5.50. The van der Waals surface area contributed by atoms with Crippen LogP contribution in [0.1, 0.15) is 27.2 Å². The lowest BCUT2D eigenvalue weighted by atomic mass is 10.1. The van der Waals surface area contributed by atoms with Crippen LogP contribution in [-0.2, 0) is 4.79 Å². The zero-order valence-electron chi connectivity index (χ0n) is 12.6. The number of anilines is 2. The summed E-state index contributed by atoms with van der Waals surface area (Å²) in [4.78, 5) is 14.0. The van der Waals surface area contributed by atoms with Gasteiger partial charge < -0.3 is 16.0 Å². The van der Waals surface area contributed by atoms with Crippen molar-refractivity contribution in [3.63, 3.8) is 0 Å². The molecule has 4 nitrogen and oxygen atoms in total. The molecule has 0 bridgehead atoms. The van der Waals surface area contributed by atoms with E-state index in [-0.39, 0.29) is 11.6 Å². The Balaban J connectivity index is 2.50. The van der Waals surface area contributed by atoms with Crippen molar-refractivity contribution in [3.05, 3.63) is 24.0 Å². The van der Waals surface area contributed by atoms with E-state index >= 15 is 0 Å². The maximum absolute atomic E-state index is 13.5. The van der Waals surface area contributed by atoms with E-state index in [4.69, 9.17) is 5.73 Å². The van der Waals surface area contributed by atoms with Gasteiger partial charge in [0.2, 0.25) is 5.91 Å². The van der Waals surface area contributed by atoms with Crippen molar-refractivity contribution in [2.75, 3.05) is 24.6 Å². The van der Waals surface area contributed by atoms with E-state index in [0.29, 0.717) is 30.6 Å². The van der Waals surface area contributed by atoms with Gasteiger partial charge in [0.05, 0.1) is 5.69 Å². The summed E-state index contributed by atoms with van der Waals surface area (Å²) >= 11 is 0. The van der Waals surface area contributed by atoms with Crippen LogP contribution in [-0.4, -0.2) is 30.4 Å². The van der Waals surface area contributed by atoms with Crippen LogP contribution >= 0.6 is 0 Å². The molecule has 0 fully saturated rings. The summed E-state index contributed by atoms with van der Waals surface area (Å²) in [6.07, 6.45) is 0.321. The number of halogens is 1. The minimum atomic E-state index is -0.476. The lowest BCUT2D eigenvalue weighted by Crippen LogP contribution is -2.35. The maximum Gasteiger partial charge on any atom is 0.225 e. The van der Waals surface area contributed by atoms with Gasteiger partial charge in [0.15, 0.2) is 0 Å². The van der Waals surface area contributed by atoms with Crippen molar-refractivity contribution in [2.45, 2.75) is 33.2 Å². The molecule has 1 unspecified atom stereocenters. The lowest BCUT2D eigenvalue weighted by molar-refractivity contribution is -0.116. The molecule has 1 rings (SSSR count). The predicted octanol–water partition coefficient (Wildman–Crippen LogP) is 2.71. The molecule has 0 radical (unpaired) electrons. The predicted molar refractivity (Wildman–Crippen MR) is 81.0 cm³/mol. The number of nitrogens with zero attached hydrogens (tertiary/aromatic N) is 1. The summed E-state index contributed by atoms with van der Waals surface area (Å²) < 4.78 is 13.5. The smallest absolute Gasteiger partial charge is 0.225 e. The van der Waals surface area contributed by atoms with Crippen molar-refractivity contribution in [2.24, 2.45) is 5.92 Å². The number of nitrogen functional groups attached to an aromatic ring is 1. The molecule has 0 aromatic heterocycles. The third-order valence-corrected chi connectivity index (χ3v) is 3.62. The Labute approximate surface area is 120 Å². The molecule has 1 amide bonds. The van der Waals surface area contributed by atoms with Crippen LogP contribution in [0.4, 0.5) is 15.8 Å². The number of amides is 1. The maximum atomic E-state index is 13.5. The van der Waals surface area contributed by atoms with Crippen LogP contribution in [0.15, 0.2) is 18.2 Å². The van der Waals surface area contributed by atoms with E-state index in [0.717, 1.165) is 0 Å². The summed E-state index contributed by atoms with van der Waals surface area (Å²) in [6, 6.07) is 4.53. The first-order valence-electron chi connectivity index (χ1n) is 6.86. The highest BCUT2D eigenvalue weighted by atomic mass is 19.1. The van der Waals surface area contributed by atoms with E-state index in [1.807, 2.05) is 7.05 Å². The summed E-state index contributed by atoms with van der Waals surface area (Å²) in [5.41, 5.74) is 6.13. The van der Waals surface area contributed by atoms with Crippen LogP contribution < -0.4 is 11.1 Å². The summed E-state index contributed by atoms with van der Waals surface area (Å²) in [5, 5.41) is 2.55. The molecule has 0 heterocycles. The number of hydrogen-bond acceptors (Lipinski definition) is 3. The molecule has 0 saturated heterocycles. The summed E-state index contributed by atoms with van der Waals surface area (Å²) in [6.45, 7) is 7.04. The molecule has 112 valence electrons. The quantitative estimate of drug-likeness (QED) is 0.788. The molecule has 0 aliphatic rings. The molecule has 3 N–H and O–H groups in total. The zero-order chi connectivity index (χ0) is 15.3. The second-order valence-electron chi connectivity index (χ2n) is 5.50. The van der Waals surface area contributed by atoms with Gasteiger partial charge in [-0.2, -0.15) is 0 Å². The lowest BCUT2D eigenvalue weighted by Gasteiger charge is -2.27. The average Bonchev–Trinajstić information content (AvgIpc) is 2.39. The van der Waals surface area contributed by atoms with Gasteiger partial charge in [-0.3, -0.25) is 4.79 Å². The molecule has 0 aliphatic heterocycles. The van der Waals surface area contributed by atoms with Gasteiger partial charge in [0.1, 0.15) is 5.82 Å². The van der Waals surface area contributed by atoms with Gasteiger partial charge in [0, 0.05) is 24.7 Å². The van der Waals surface area contributed by atoms with Gasteiger partial charge in [-0.25, -0.2) is 4.39 Å². The number of nitrogens with one attached hydrogen (secondary N) is 1. The van der Waals surface area contributed by atoms with Crippen molar-refractivity contribution >= 4 is 17.3 Å². The SMILES string of the molecule is CC(C)C(C)N(C)CCC(=O)Nc1cc(N)ccc1F. The molecule has 0 spiro atoms. The average molecular weight is 281 g/mol. The van der Waals surface area contributed by atoms with Crippen molar-refractivity contribution < 1.29 is 9.18 Å². The Morgan fingerprint density at radius 3 is 2.65 bits per heavy atom. The molecular formula is C15H24FN3O. The van der Waals surface area contributed by atoms with E-state index in [9.17, 15) is 9.18 Å². The largest absolute Gasteiger partial charge is 0.399 e. The fourth-order valence-electron chi connectivity index (χ4n) is 1.84. The monoisotopic (exact) mass is 281 g/mol. The van der Waals surface area contributed by atoms with Crippen LogP contribution in [0.2, 0.25) is 0 Å². The van der Waals surface area contributed by atoms with Gasteiger partial charge >= 0.3 is 0 Å². The van der Waals surface area contributed by atoms with E-state index in [2.05, 4.69) is 31.0 Å². The number of nitrogens with two attached hydrogens (primary N) is 1. The Bertz CT molecular complexity index is 462. The van der Waals surface area contributed by atoms with Crippen molar-refractivity contribution in [1.82, 2.24) is 4.90 Å². The minimum Gasteiger partial charge on any atom is -0.399 e. The molecular weight excluding hydrogens is 257 g/mol. The van der Waals surface area contributed by atoms with Crippen LogP contribution in [0.25, 0.3) is 0 Å². The number of rotatable bonds is 6. The molecule has 1 aromatic rings. The molecule has 1 atom stereocenters. The van der Waals surface area contributed by atoms with Gasteiger partial charge in [-0.15, -0.1) is 0 Å². The number of carbonyl (C=O) groups excluding carboxylic acids is 1. The molecule has 1 aromatic carbocycles. The highest BCUT2D eigenvalue weighted by Gasteiger charge is 2.14. The van der Waals surface area contributed by atoms with Crippen LogP contribution in [0.3, 0.4) is 0 Å². The first kappa shape index (κ1) is 16.4. The standard InChI is InChI=1S/C15H24FN3O/c1-10(2)11(3)19(4)8-7-15(20)18-14-9-12(17)5-6-13(14)16/h5-6,9-11H,7-8,17H2,1-4H3,(H,18,20). The highest BCUT2D eigenvalue weighted by molar-refractivity contribution is 5.91. The highest BCUT2D eigenvalue weighted by Crippen LogP contribution is 2.17. The molecule has 20 heavy (non-hydrogen) atoms. The van der Waals surface area contributed by atoms with E-state index < -0.39 is 5.82 Å². The van der Waals surface area contributed by atoms with Gasteiger partial charge in [-0.05, 0) is 38.1 Å². The first-order chi connectivity index (χ1) is 9.31. The van der Waals surface area contributed by atoms with Crippen LogP contribution in [0, 0.1) is 11.7 Å².